The Balaban J connectivity index is 1.85. The number of carbonyl (C=O) groups excluding carboxylic acids is 1. The van der Waals surface area contributed by atoms with Gasteiger partial charge in [-0.05, 0) is 41.8 Å². The van der Waals surface area contributed by atoms with Crippen molar-refractivity contribution in [3.63, 3.8) is 0 Å². The lowest BCUT2D eigenvalue weighted by atomic mass is 10.1. The highest BCUT2D eigenvalue weighted by Gasteiger charge is 2.29. The van der Waals surface area contributed by atoms with E-state index in [0.29, 0.717) is 5.56 Å². The smallest absolute Gasteiger partial charge is 0.422 e. The number of benzene rings is 2. The number of methoxy groups -OCH3 is 1. The molecule has 0 saturated heterocycles. The maximum absolute atomic E-state index is 13.2. The minimum atomic E-state index is -4.48. The van der Waals surface area contributed by atoms with Crippen molar-refractivity contribution in [2.24, 2.45) is 0 Å². The van der Waals surface area contributed by atoms with E-state index < -0.39 is 36.4 Å². The van der Waals surface area contributed by atoms with Gasteiger partial charge in [0.05, 0.1) is 13.2 Å². The third kappa shape index (κ3) is 7.18. The lowest BCUT2D eigenvalue weighted by Crippen LogP contribution is -2.28. The van der Waals surface area contributed by atoms with E-state index in [1.807, 2.05) is 0 Å². The van der Waals surface area contributed by atoms with Crippen molar-refractivity contribution in [2.45, 2.75) is 25.1 Å². The number of aliphatic hydroxyl groups is 1. The molecule has 0 spiro atoms. The number of hydrogen-bond donors (Lipinski definition) is 2. The molecular weight excluding hydrogens is 413 g/mol. The number of nitrogens with one attached hydrogen (secondary N) is 1. The molecule has 0 saturated carbocycles. The molecule has 1 amide bonds. The lowest BCUT2D eigenvalue weighted by Gasteiger charge is -2.14. The minimum Gasteiger partial charge on any atom is -0.493 e. The maximum atomic E-state index is 13.2. The molecule has 30 heavy (non-hydrogen) atoms. The van der Waals surface area contributed by atoms with Gasteiger partial charge in [-0.2, -0.15) is 13.2 Å². The standard InChI is InChI=1S/C20H20F5NO4/c1-29-18-8-12(2-6-17(18)30-11-20(23,24)25)3-7-19(28)26-10-16(27)13-4-5-14(21)15(22)9-13/h2,4-6,8-9,16,27H,3,7,10-11H2,1H3,(H,26,28). The van der Waals surface area contributed by atoms with Crippen LogP contribution in [0.4, 0.5) is 22.0 Å². The van der Waals surface area contributed by atoms with Crippen molar-refractivity contribution in [1.29, 1.82) is 0 Å². The summed E-state index contributed by atoms with van der Waals surface area (Å²) >= 11 is 0. The predicted octanol–water partition coefficient (Wildman–Crippen LogP) is 3.70. The van der Waals surface area contributed by atoms with Gasteiger partial charge < -0.3 is 19.9 Å². The van der Waals surface area contributed by atoms with Gasteiger partial charge in [0, 0.05) is 13.0 Å². The number of alkyl halides is 3. The molecule has 1 atom stereocenters. The van der Waals surface area contributed by atoms with Crippen LogP contribution in [0.5, 0.6) is 11.5 Å². The highest BCUT2D eigenvalue weighted by atomic mass is 19.4. The predicted molar refractivity (Wildman–Crippen MR) is 97.2 cm³/mol. The molecule has 164 valence electrons. The summed E-state index contributed by atoms with van der Waals surface area (Å²) in [5, 5.41) is 12.4. The van der Waals surface area contributed by atoms with Crippen LogP contribution in [-0.2, 0) is 11.2 Å². The van der Waals surface area contributed by atoms with Gasteiger partial charge in [-0.25, -0.2) is 8.78 Å². The van der Waals surface area contributed by atoms with Crippen LogP contribution in [0.3, 0.4) is 0 Å². The fourth-order valence-corrected chi connectivity index (χ4v) is 2.54. The molecule has 0 bridgehead atoms. The Bertz CT molecular complexity index is 873. The number of halogens is 5. The first-order valence-corrected chi connectivity index (χ1v) is 8.85. The molecule has 1 unspecified atom stereocenters. The second kappa shape index (κ2) is 10.2. The molecule has 0 aliphatic rings. The largest absolute Gasteiger partial charge is 0.493 e. The van der Waals surface area contributed by atoms with Crippen molar-refractivity contribution in [3.8, 4) is 11.5 Å². The van der Waals surface area contributed by atoms with Crippen LogP contribution in [0.1, 0.15) is 23.7 Å². The SMILES string of the molecule is COc1cc(CCC(=O)NCC(O)c2ccc(F)c(F)c2)ccc1OCC(F)(F)F. The van der Waals surface area contributed by atoms with Crippen molar-refractivity contribution < 1.29 is 41.3 Å². The topological polar surface area (TPSA) is 67.8 Å². The summed E-state index contributed by atoms with van der Waals surface area (Å²) in [6.45, 7) is -1.65. The monoisotopic (exact) mass is 433 g/mol. The summed E-state index contributed by atoms with van der Waals surface area (Å²) in [4.78, 5) is 12.0. The summed E-state index contributed by atoms with van der Waals surface area (Å²) in [7, 11) is 1.28. The Morgan fingerprint density at radius 2 is 1.83 bits per heavy atom. The Kier molecular flexibility index (Phi) is 7.99. The van der Waals surface area contributed by atoms with Crippen LogP contribution < -0.4 is 14.8 Å². The van der Waals surface area contributed by atoms with Gasteiger partial charge in [0.1, 0.15) is 0 Å². The number of carbonyl (C=O) groups is 1. The highest BCUT2D eigenvalue weighted by Crippen LogP contribution is 2.30. The van der Waals surface area contributed by atoms with Crippen LogP contribution in [-0.4, -0.2) is 37.5 Å². The van der Waals surface area contributed by atoms with Gasteiger partial charge in [0.15, 0.2) is 29.7 Å². The van der Waals surface area contributed by atoms with E-state index in [0.717, 1.165) is 12.1 Å². The second-order valence-electron chi connectivity index (χ2n) is 6.38. The Hall–Kier alpha value is -2.88. The molecule has 0 radical (unpaired) electrons. The molecule has 2 rings (SSSR count). The zero-order valence-electron chi connectivity index (χ0n) is 15.9. The van der Waals surface area contributed by atoms with E-state index in [9.17, 15) is 31.9 Å². The van der Waals surface area contributed by atoms with E-state index in [4.69, 9.17) is 4.74 Å². The first-order chi connectivity index (χ1) is 14.1. The number of hydrogen-bond acceptors (Lipinski definition) is 4. The quantitative estimate of drug-likeness (QED) is 0.592. The molecule has 0 heterocycles. The molecule has 0 aliphatic heterocycles. The first-order valence-electron chi connectivity index (χ1n) is 8.85. The van der Waals surface area contributed by atoms with E-state index in [2.05, 4.69) is 10.1 Å². The van der Waals surface area contributed by atoms with E-state index >= 15 is 0 Å². The number of aryl methyl sites for hydroxylation is 1. The minimum absolute atomic E-state index is 0.0242. The zero-order valence-corrected chi connectivity index (χ0v) is 15.9. The molecule has 0 aliphatic carbocycles. The van der Waals surface area contributed by atoms with Gasteiger partial charge in [-0.1, -0.05) is 12.1 Å². The summed E-state index contributed by atoms with van der Waals surface area (Å²) in [5.41, 5.74) is 0.746. The van der Waals surface area contributed by atoms with Crippen LogP contribution >= 0.6 is 0 Å². The Labute approximate surface area is 169 Å². The number of ether oxygens (including phenoxy) is 2. The highest BCUT2D eigenvalue weighted by molar-refractivity contribution is 5.76. The first kappa shape index (κ1) is 23.4. The van der Waals surface area contributed by atoms with Gasteiger partial charge in [-0.15, -0.1) is 0 Å². The van der Waals surface area contributed by atoms with Crippen molar-refractivity contribution in [2.75, 3.05) is 20.3 Å². The molecule has 0 aromatic heterocycles. The molecule has 0 fully saturated rings. The fourth-order valence-electron chi connectivity index (χ4n) is 2.54. The van der Waals surface area contributed by atoms with Crippen molar-refractivity contribution in [1.82, 2.24) is 5.32 Å². The average molecular weight is 433 g/mol. The van der Waals surface area contributed by atoms with Gasteiger partial charge in [0.2, 0.25) is 5.91 Å². The number of rotatable bonds is 9. The molecule has 10 heteroatoms. The molecular formula is C20H20F5NO4. The fraction of sp³-hybridized carbons (Fsp3) is 0.350. The van der Waals surface area contributed by atoms with E-state index in [1.54, 1.807) is 0 Å². The van der Waals surface area contributed by atoms with E-state index in [-0.39, 0.29) is 36.4 Å². The maximum Gasteiger partial charge on any atom is 0.422 e. The number of amides is 1. The Morgan fingerprint density at radius 1 is 1.10 bits per heavy atom. The molecule has 2 aromatic rings. The Morgan fingerprint density at radius 3 is 2.47 bits per heavy atom. The third-order valence-electron chi connectivity index (χ3n) is 4.08. The van der Waals surface area contributed by atoms with Crippen molar-refractivity contribution >= 4 is 5.91 Å². The van der Waals surface area contributed by atoms with Gasteiger partial charge >= 0.3 is 6.18 Å². The lowest BCUT2D eigenvalue weighted by molar-refractivity contribution is -0.153. The summed E-state index contributed by atoms with van der Waals surface area (Å²) in [6.07, 6.45) is -5.42. The molecule has 2 N–H and O–H groups in total. The van der Waals surface area contributed by atoms with Gasteiger partial charge in [-0.3, -0.25) is 4.79 Å². The van der Waals surface area contributed by atoms with Crippen LogP contribution in [0.25, 0.3) is 0 Å². The summed E-state index contributed by atoms with van der Waals surface area (Å²) in [5.74, 6) is -2.52. The van der Waals surface area contributed by atoms with E-state index in [1.165, 1.54) is 31.4 Å². The van der Waals surface area contributed by atoms with Crippen LogP contribution in [0.2, 0.25) is 0 Å². The number of aliphatic hydroxyl groups excluding tert-OH is 1. The van der Waals surface area contributed by atoms with Crippen LogP contribution in [0.15, 0.2) is 36.4 Å². The zero-order chi connectivity index (χ0) is 22.3. The average Bonchev–Trinajstić information content (AvgIpc) is 2.70. The van der Waals surface area contributed by atoms with Crippen molar-refractivity contribution in [3.05, 3.63) is 59.2 Å². The van der Waals surface area contributed by atoms with Gasteiger partial charge in [0.25, 0.3) is 0 Å². The molecule has 2 aromatic carbocycles. The van der Waals surface area contributed by atoms with Crippen LogP contribution in [0, 0.1) is 11.6 Å². The second-order valence-corrected chi connectivity index (χ2v) is 6.38. The summed E-state index contributed by atoms with van der Waals surface area (Å²) in [6, 6.07) is 7.24. The third-order valence-corrected chi connectivity index (χ3v) is 4.08. The summed E-state index contributed by atoms with van der Waals surface area (Å²) < 4.78 is 72.7. The normalized spacial score (nSPS) is 12.4. The molecule has 5 nitrogen and oxygen atoms in total.